The lowest BCUT2D eigenvalue weighted by Gasteiger charge is -2.20. The Balaban J connectivity index is 1.68. The zero-order valence-electron chi connectivity index (χ0n) is 15.4. The molecule has 3 nitrogen and oxygen atoms in total. The fraction of sp³-hybridized carbons (Fsp3) is 0.130. The molecule has 0 fully saturated rings. The SMILES string of the molecule is Cc1cccc(CC(=O)N(Cc2ccccc2)c2nc3ccc(Br)cc3s2)c1. The number of anilines is 1. The minimum absolute atomic E-state index is 0.0487. The fourth-order valence-electron chi connectivity index (χ4n) is 3.12. The zero-order chi connectivity index (χ0) is 19.5. The Morgan fingerprint density at radius 3 is 2.57 bits per heavy atom. The van der Waals surface area contributed by atoms with Crippen LogP contribution in [0.25, 0.3) is 10.2 Å². The molecule has 0 atom stereocenters. The normalized spacial score (nSPS) is 10.9. The maximum Gasteiger partial charge on any atom is 0.233 e. The van der Waals surface area contributed by atoms with Gasteiger partial charge in [-0.3, -0.25) is 9.69 Å². The molecule has 4 rings (SSSR count). The summed E-state index contributed by atoms with van der Waals surface area (Å²) in [4.78, 5) is 19.8. The van der Waals surface area contributed by atoms with Crippen molar-refractivity contribution in [1.29, 1.82) is 0 Å². The van der Waals surface area contributed by atoms with Crippen molar-refractivity contribution < 1.29 is 4.79 Å². The molecule has 0 aliphatic heterocycles. The van der Waals surface area contributed by atoms with Gasteiger partial charge < -0.3 is 0 Å². The zero-order valence-corrected chi connectivity index (χ0v) is 17.8. The molecular formula is C23H19BrN2OS. The van der Waals surface area contributed by atoms with Crippen LogP contribution in [0.4, 0.5) is 5.13 Å². The maximum absolute atomic E-state index is 13.3. The predicted octanol–water partition coefficient (Wildman–Crippen LogP) is 6.14. The number of carbonyl (C=O) groups is 1. The molecule has 3 aromatic carbocycles. The Morgan fingerprint density at radius 1 is 1.00 bits per heavy atom. The van der Waals surface area contributed by atoms with Gasteiger partial charge in [-0.1, -0.05) is 87.4 Å². The van der Waals surface area contributed by atoms with Gasteiger partial charge in [-0.25, -0.2) is 4.98 Å². The predicted molar refractivity (Wildman–Crippen MR) is 120 cm³/mol. The molecule has 4 aromatic rings. The van der Waals surface area contributed by atoms with Gasteiger partial charge in [0.1, 0.15) is 0 Å². The highest BCUT2D eigenvalue weighted by atomic mass is 79.9. The Kier molecular flexibility index (Phi) is 5.55. The number of aromatic nitrogens is 1. The second kappa shape index (κ2) is 8.25. The molecule has 28 heavy (non-hydrogen) atoms. The first-order valence-corrected chi connectivity index (χ1v) is 10.7. The van der Waals surface area contributed by atoms with E-state index in [4.69, 9.17) is 4.98 Å². The monoisotopic (exact) mass is 450 g/mol. The number of hydrogen-bond acceptors (Lipinski definition) is 3. The number of amides is 1. The standard InChI is InChI=1S/C23H19BrN2OS/c1-16-6-5-9-18(12-16)13-22(27)26(15-17-7-3-2-4-8-17)23-25-20-11-10-19(24)14-21(20)28-23/h2-12,14H,13,15H2,1H3. The molecule has 0 saturated heterocycles. The van der Waals surface area contributed by atoms with E-state index in [2.05, 4.69) is 22.0 Å². The lowest BCUT2D eigenvalue weighted by Crippen LogP contribution is -2.31. The van der Waals surface area contributed by atoms with Crippen LogP contribution in [0.2, 0.25) is 0 Å². The minimum atomic E-state index is 0.0487. The van der Waals surface area contributed by atoms with E-state index < -0.39 is 0 Å². The molecule has 1 aromatic heterocycles. The molecule has 140 valence electrons. The summed E-state index contributed by atoms with van der Waals surface area (Å²) in [6.45, 7) is 2.55. The molecule has 0 unspecified atom stereocenters. The summed E-state index contributed by atoms with van der Waals surface area (Å²) in [6.07, 6.45) is 0.355. The third-order valence-electron chi connectivity index (χ3n) is 4.49. The first-order valence-electron chi connectivity index (χ1n) is 9.04. The van der Waals surface area contributed by atoms with Crippen molar-refractivity contribution in [3.8, 4) is 0 Å². The topological polar surface area (TPSA) is 33.2 Å². The van der Waals surface area contributed by atoms with Crippen molar-refractivity contribution in [2.45, 2.75) is 19.9 Å². The van der Waals surface area contributed by atoms with Crippen LogP contribution >= 0.6 is 27.3 Å². The summed E-state index contributed by atoms with van der Waals surface area (Å²) in [7, 11) is 0. The van der Waals surface area contributed by atoms with Crippen LogP contribution in [0.5, 0.6) is 0 Å². The van der Waals surface area contributed by atoms with Crippen LogP contribution in [0, 0.1) is 6.92 Å². The Labute approximate surface area is 176 Å². The molecule has 0 radical (unpaired) electrons. The Hall–Kier alpha value is -2.50. The van der Waals surface area contributed by atoms with E-state index in [-0.39, 0.29) is 5.91 Å². The largest absolute Gasteiger partial charge is 0.283 e. The minimum Gasteiger partial charge on any atom is -0.283 e. The second-order valence-corrected chi connectivity index (χ2v) is 8.66. The van der Waals surface area contributed by atoms with Crippen molar-refractivity contribution in [3.05, 3.63) is 94.0 Å². The van der Waals surface area contributed by atoms with Crippen LogP contribution in [0.3, 0.4) is 0 Å². The number of hydrogen-bond donors (Lipinski definition) is 0. The lowest BCUT2D eigenvalue weighted by molar-refractivity contribution is -0.118. The maximum atomic E-state index is 13.3. The molecular weight excluding hydrogens is 432 g/mol. The number of rotatable bonds is 5. The summed E-state index contributed by atoms with van der Waals surface area (Å²) in [5.41, 5.74) is 4.17. The summed E-state index contributed by atoms with van der Waals surface area (Å²) in [6, 6.07) is 24.1. The number of halogens is 1. The number of fused-ring (bicyclic) bond motifs is 1. The van der Waals surface area contributed by atoms with Crippen molar-refractivity contribution in [2.24, 2.45) is 0 Å². The van der Waals surface area contributed by atoms with E-state index in [0.29, 0.717) is 13.0 Å². The average Bonchev–Trinajstić information content (AvgIpc) is 3.09. The van der Waals surface area contributed by atoms with Gasteiger partial charge in [0, 0.05) is 4.47 Å². The van der Waals surface area contributed by atoms with Gasteiger partial charge in [0.25, 0.3) is 0 Å². The van der Waals surface area contributed by atoms with E-state index in [9.17, 15) is 4.79 Å². The van der Waals surface area contributed by atoms with Gasteiger partial charge >= 0.3 is 0 Å². The van der Waals surface area contributed by atoms with Gasteiger partial charge in [0.15, 0.2) is 5.13 Å². The summed E-state index contributed by atoms with van der Waals surface area (Å²) >= 11 is 5.06. The number of nitrogens with zero attached hydrogens (tertiary/aromatic N) is 2. The molecule has 0 bridgehead atoms. The molecule has 0 aliphatic carbocycles. The van der Waals surface area contributed by atoms with Crippen molar-refractivity contribution >= 4 is 48.5 Å². The molecule has 0 N–H and O–H groups in total. The highest BCUT2D eigenvalue weighted by Crippen LogP contribution is 2.32. The van der Waals surface area contributed by atoms with Crippen LogP contribution in [0.1, 0.15) is 16.7 Å². The molecule has 0 saturated carbocycles. The Bertz CT molecular complexity index is 1120. The first kappa shape index (κ1) is 18.8. The third kappa shape index (κ3) is 4.32. The first-order chi connectivity index (χ1) is 13.6. The number of carbonyl (C=O) groups excluding carboxylic acids is 1. The van der Waals surface area contributed by atoms with Crippen LogP contribution < -0.4 is 4.90 Å². The fourth-order valence-corrected chi connectivity index (χ4v) is 4.66. The van der Waals surface area contributed by atoms with Gasteiger partial charge in [-0.05, 0) is 36.2 Å². The van der Waals surface area contributed by atoms with Gasteiger partial charge in [-0.15, -0.1) is 0 Å². The summed E-state index contributed by atoms with van der Waals surface area (Å²) in [5.74, 6) is 0.0487. The molecule has 5 heteroatoms. The van der Waals surface area contributed by atoms with Crippen molar-refractivity contribution in [2.75, 3.05) is 4.90 Å². The molecule has 1 amide bonds. The number of aryl methyl sites for hydroxylation is 1. The quantitative estimate of drug-likeness (QED) is 0.365. The van der Waals surface area contributed by atoms with Gasteiger partial charge in [0.2, 0.25) is 5.91 Å². The van der Waals surface area contributed by atoms with E-state index in [1.165, 1.54) is 0 Å². The van der Waals surface area contributed by atoms with E-state index in [0.717, 1.165) is 36.5 Å². The average molecular weight is 451 g/mol. The highest BCUT2D eigenvalue weighted by Gasteiger charge is 2.20. The third-order valence-corrected chi connectivity index (χ3v) is 6.03. The Morgan fingerprint density at radius 2 is 1.79 bits per heavy atom. The van der Waals surface area contributed by atoms with E-state index in [1.54, 1.807) is 16.2 Å². The van der Waals surface area contributed by atoms with E-state index >= 15 is 0 Å². The smallest absolute Gasteiger partial charge is 0.233 e. The van der Waals surface area contributed by atoms with Crippen LogP contribution in [0.15, 0.2) is 77.3 Å². The highest BCUT2D eigenvalue weighted by molar-refractivity contribution is 9.10. The van der Waals surface area contributed by atoms with Crippen LogP contribution in [-0.4, -0.2) is 10.9 Å². The molecule has 1 heterocycles. The lowest BCUT2D eigenvalue weighted by atomic mass is 10.1. The summed E-state index contributed by atoms with van der Waals surface area (Å²) in [5, 5.41) is 0.731. The molecule has 0 spiro atoms. The van der Waals surface area contributed by atoms with Crippen molar-refractivity contribution in [3.63, 3.8) is 0 Å². The van der Waals surface area contributed by atoms with E-state index in [1.807, 2.05) is 73.7 Å². The number of thiazole rings is 1. The van der Waals surface area contributed by atoms with Crippen LogP contribution in [-0.2, 0) is 17.8 Å². The van der Waals surface area contributed by atoms with Gasteiger partial charge in [-0.2, -0.15) is 0 Å². The van der Waals surface area contributed by atoms with Crippen molar-refractivity contribution in [1.82, 2.24) is 4.98 Å². The summed E-state index contributed by atoms with van der Waals surface area (Å²) < 4.78 is 2.07. The van der Waals surface area contributed by atoms with Gasteiger partial charge in [0.05, 0.1) is 23.2 Å². The second-order valence-electron chi connectivity index (χ2n) is 6.74. The molecule has 0 aliphatic rings. The number of benzene rings is 3.